The van der Waals surface area contributed by atoms with Gasteiger partial charge in [0.1, 0.15) is 5.76 Å². The first-order valence-corrected chi connectivity index (χ1v) is 11.8. The van der Waals surface area contributed by atoms with Gasteiger partial charge < -0.3 is 13.9 Å². The molecule has 5 rings (SSSR count). The van der Waals surface area contributed by atoms with Crippen molar-refractivity contribution in [2.24, 2.45) is 5.92 Å². The lowest BCUT2D eigenvalue weighted by molar-refractivity contribution is -0.137. The second-order valence-corrected chi connectivity index (χ2v) is 9.23. The zero-order valence-corrected chi connectivity index (χ0v) is 18.8. The zero-order valence-electron chi connectivity index (χ0n) is 18.8. The molecule has 0 spiro atoms. The van der Waals surface area contributed by atoms with Crippen molar-refractivity contribution in [2.45, 2.75) is 64.2 Å². The maximum Gasteiger partial charge on any atom is 0.231 e. The number of nitrogens with zero attached hydrogens (tertiary/aromatic N) is 4. The average molecular weight is 435 g/mol. The second-order valence-electron chi connectivity index (χ2n) is 9.23. The molecule has 0 N–H and O–H groups in total. The summed E-state index contributed by atoms with van der Waals surface area (Å²) in [6.07, 6.45) is 6.21. The van der Waals surface area contributed by atoms with Crippen LogP contribution in [0.3, 0.4) is 0 Å². The summed E-state index contributed by atoms with van der Waals surface area (Å²) >= 11 is 0. The average Bonchev–Trinajstić information content (AvgIpc) is 3.60. The number of hydrogen-bond donors (Lipinski definition) is 0. The van der Waals surface area contributed by atoms with Gasteiger partial charge in [0.2, 0.25) is 17.6 Å². The van der Waals surface area contributed by atoms with Crippen LogP contribution in [0.25, 0.3) is 11.5 Å². The van der Waals surface area contributed by atoms with Gasteiger partial charge in [0.25, 0.3) is 0 Å². The quantitative estimate of drug-likeness (QED) is 0.569. The van der Waals surface area contributed by atoms with E-state index in [1.807, 2.05) is 11.8 Å². The van der Waals surface area contributed by atoms with Crippen molar-refractivity contribution in [1.82, 2.24) is 20.2 Å². The molecule has 1 aliphatic heterocycles. The molecule has 7 nitrogen and oxygen atoms in total. The Labute approximate surface area is 188 Å². The van der Waals surface area contributed by atoms with E-state index in [1.165, 1.54) is 11.1 Å². The maximum atomic E-state index is 13.3. The van der Waals surface area contributed by atoms with Gasteiger partial charge in [0.05, 0.1) is 5.92 Å². The molecule has 2 aromatic heterocycles. The highest BCUT2D eigenvalue weighted by Crippen LogP contribution is 2.38. The summed E-state index contributed by atoms with van der Waals surface area (Å²) in [6.45, 7) is 5.37. The van der Waals surface area contributed by atoms with E-state index in [9.17, 15) is 4.79 Å². The fourth-order valence-corrected chi connectivity index (χ4v) is 5.13. The van der Waals surface area contributed by atoms with Crippen molar-refractivity contribution < 1.29 is 13.8 Å². The van der Waals surface area contributed by atoms with Crippen molar-refractivity contribution in [3.63, 3.8) is 0 Å². The molecule has 1 saturated heterocycles. The third-order valence-electron chi connectivity index (χ3n) is 6.97. The molecule has 2 aliphatic rings. The summed E-state index contributed by atoms with van der Waals surface area (Å²) in [6, 6.07) is 10.6. The topological polar surface area (TPSA) is 85.3 Å². The molecule has 1 saturated carbocycles. The number of carbonyl (C=O) groups excluding carboxylic acids is 1. The highest BCUT2D eigenvalue weighted by Gasteiger charge is 2.37. The molecular weight excluding hydrogens is 404 g/mol. The number of piperidine rings is 1. The molecular formula is C25H30N4O3. The van der Waals surface area contributed by atoms with Crippen LogP contribution in [0, 0.1) is 12.8 Å². The van der Waals surface area contributed by atoms with Crippen molar-refractivity contribution in [3.05, 3.63) is 53.1 Å². The molecule has 3 aromatic rings. The normalized spacial score (nSPS) is 21.9. The first kappa shape index (κ1) is 20.9. The first-order chi connectivity index (χ1) is 15.6. The Morgan fingerprint density at radius 1 is 1.06 bits per heavy atom. The van der Waals surface area contributed by atoms with Crippen LogP contribution in [0.15, 0.2) is 39.4 Å². The Balaban J connectivity index is 1.41. The minimum Gasteiger partial charge on any atom is -0.361 e. The van der Waals surface area contributed by atoms with Crippen molar-refractivity contribution in [3.8, 4) is 11.5 Å². The number of amides is 1. The van der Waals surface area contributed by atoms with Gasteiger partial charge in [0, 0.05) is 31.0 Å². The number of likely N-dealkylation sites (tertiary alicyclic amines) is 1. The number of carbonyl (C=O) groups is 1. The maximum absolute atomic E-state index is 13.3. The SMILES string of the molecule is CCc1ccc(C2CC(c3nc(-c4cc(C)on4)no3)CN(C(=O)C3CCCC3)C2)cc1. The lowest BCUT2D eigenvalue weighted by Crippen LogP contribution is -2.44. The zero-order chi connectivity index (χ0) is 22.1. The molecule has 0 bridgehead atoms. The van der Waals surface area contributed by atoms with Crippen LogP contribution in [-0.2, 0) is 11.2 Å². The smallest absolute Gasteiger partial charge is 0.231 e. The molecule has 1 aliphatic carbocycles. The fourth-order valence-electron chi connectivity index (χ4n) is 5.13. The number of aryl methyl sites for hydroxylation is 2. The number of aromatic nitrogens is 3. The van der Waals surface area contributed by atoms with E-state index in [1.54, 1.807) is 6.07 Å². The van der Waals surface area contributed by atoms with Gasteiger partial charge in [-0.25, -0.2) is 0 Å². The van der Waals surface area contributed by atoms with Crippen LogP contribution in [0.5, 0.6) is 0 Å². The Hall–Kier alpha value is -2.96. The number of rotatable bonds is 5. The lowest BCUT2D eigenvalue weighted by Gasteiger charge is -2.38. The molecule has 168 valence electrons. The largest absolute Gasteiger partial charge is 0.361 e. The van der Waals surface area contributed by atoms with Crippen molar-refractivity contribution in [1.29, 1.82) is 0 Å². The van der Waals surface area contributed by atoms with Crippen molar-refractivity contribution >= 4 is 5.91 Å². The van der Waals surface area contributed by atoms with E-state index in [-0.39, 0.29) is 23.7 Å². The summed E-state index contributed by atoms with van der Waals surface area (Å²) in [7, 11) is 0. The Bertz CT molecular complexity index is 1070. The third-order valence-corrected chi connectivity index (χ3v) is 6.97. The number of hydrogen-bond acceptors (Lipinski definition) is 6. The molecule has 2 unspecified atom stereocenters. The van der Waals surface area contributed by atoms with Crippen LogP contribution in [-0.4, -0.2) is 39.2 Å². The summed E-state index contributed by atoms with van der Waals surface area (Å²) < 4.78 is 10.8. The van der Waals surface area contributed by atoms with Gasteiger partial charge in [0.15, 0.2) is 5.69 Å². The van der Waals surface area contributed by atoms with Crippen LogP contribution < -0.4 is 0 Å². The summed E-state index contributed by atoms with van der Waals surface area (Å²) in [5.74, 6) is 2.39. The monoisotopic (exact) mass is 434 g/mol. The third kappa shape index (κ3) is 4.20. The Kier molecular flexibility index (Phi) is 5.81. The molecule has 7 heteroatoms. The van der Waals surface area contributed by atoms with Gasteiger partial charge in [-0.05, 0) is 43.7 Å². The van der Waals surface area contributed by atoms with Crippen LogP contribution >= 0.6 is 0 Å². The summed E-state index contributed by atoms with van der Waals surface area (Å²) in [5, 5.41) is 8.12. The molecule has 2 atom stereocenters. The van der Waals surface area contributed by atoms with E-state index in [0.29, 0.717) is 29.7 Å². The standard InChI is InChI=1S/C25H30N4O3/c1-3-17-8-10-18(11-9-17)20-13-21(15-29(14-20)25(30)19-6-4-5-7-19)24-26-23(28-32-24)22-12-16(2)31-27-22/h8-12,19-21H,3-7,13-15H2,1-2H3. The van der Waals surface area contributed by atoms with E-state index in [4.69, 9.17) is 9.05 Å². The van der Waals surface area contributed by atoms with E-state index >= 15 is 0 Å². The molecule has 32 heavy (non-hydrogen) atoms. The molecule has 1 amide bonds. The minimum atomic E-state index is -0.000738. The van der Waals surface area contributed by atoms with Gasteiger partial charge in [-0.15, -0.1) is 0 Å². The van der Waals surface area contributed by atoms with Gasteiger partial charge in [-0.1, -0.05) is 54.3 Å². The van der Waals surface area contributed by atoms with Gasteiger partial charge in [-0.2, -0.15) is 4.98 Å². The Morgan fingerprint density at radius 3 is 2.50 bits per heavy atom. The van der Waals surface area contributed by atoms with E-state index < -0.39 is 0 Å². The van der Waals surface area contributed by atoms with Gasteiger partial charge >= 0.3 is 0 Å². The summed E-state index contributed by atoms with van der Waals surface area (Å²) in [5.41, 5.74) is 3.16. The molecule has 2 fully saturated rings. The van der Waals surface area contributed by atoms with Gasteiger partial charge in [-0.3, -0.25) is 4.79 Å². The predicted molar refractivity (Wildman–Crippen MR) is 119 cm³/mol. The second kappa shape index (κ2) is 8.88. The Morgan fingerprint density at radius 2 is 1.81 bits per heavy atom. The fraction of sp³-hybridized carbons (Fsp3) is 0.520. The summed E-state index contributed by atoms with van der Waals surface area (Å²) in [4.78, 5) is 20.0. The first-order valence-electron chi connectivity index (χ1n) is 11.8. The highest BCUT2D eigenvalue weighted by molar-refractivity contribution is 5.79. The van der Waals surface area contributed by atoms with E-state index in [0.717, 1.165) is 45.1 Å². The van der Waals surface area contributed by atoms with Crippen LogP contribution in [0.2, 0.25) is 0 Å². The minimum absolute atomic E-state index is 0.000738. The molecule has 0 radical (unpaired) electrons. The van der Waals surface area contributed by atoms with Crippen molar-refractivity contribution in [2.75, 3.05) is 13.1 Å². The molecule has 3 heterocycles. The van der Waals surface area contributed by atoms with E-state index in [2.05, 4.69) is 46.5 Å². The van der Waals surface area contributed by atoms with Crippen LogP contribution in [0.1, 0.15) is 73.6 Å². The highest BCUT2D eigenvalue weighted by atomic mass is 16.5. The lowest BCUT2D eigenvalue weighted by atomic mass is 9.83. The number of benzene rings is 1. The molecule has 1 aromatic carbocycles. The van der Waals surface area contributed by atoms with Crippen LogP contribution in [0.4, 0.5) is 0 Å². The predicted octanol–water partition coefficient (Wildman–Crippen LogP) is 4.89.